The quantitative estimate of drug-likeness (QED) is 0.860. The van der Waals surface area contributed by atoms with E-state index in [2.05, 4.69) is 5.32 Å². The highest BCUT2D eigenvalue weighted by Gasteiger charge is 2.36. The first-order chi connectivity index (χ1) is 7.97. The molecule has 5 nitrogen and oxygen atoms in total. The number of carbonyl (C=O) groups is 1. The van der Waals surface area contributed by atoms with Gasteiger partial charge in [0, 0.05) is 5.69 Å². The van der Waals surface area contributed by atoms with Gasteiger partial charge in [0.15, 0.2) is 0 Å². The molecule has 0 bridgehead atoms. The Morgan fingerprint density at radius 2 is 2.06 bits per heavy atom. The molecular formula is C11H14N2O3S. The maximum atomic E-state index is 11.5. The van der Waals surface area contributed by atoms with Crippen LogP contribution in [-0.2, 0) is 10.0 Å². The van der Waals surface area contributed by atoms with Crippen molar-refractivity contribution in [3.8, 4) is 0 Å². The largest absolute Gasteiger partial charge is 0.332 e. The third-order valence-electron chi connectivity index (χ3n) is 2.47. The first-order valence-corrected chi connectivity index (χ1v) is 6.91. The van der Waals surface area contributed by atoms with Crippen LogP contribution in [-0.4, -0.2) is 19.7 Å². The summed E-state index contributed by atoms with van der Waals surface area (Å²) in [5, 5.41) is 2.09. The lowest BCUT2D eigenvalue weighted by Crippen LogP contribution is -2.36. The topological polar surface area (TPSA) is 75.3 Å². The number of hydrogen-bond donors (Lipinski definition) is 2. The summed E-state index contributed by atoms with van der Waals surface area (Å²) in [6, 6.07) is 6.45. The maximum absolute atomic E-state index is 11.5. The van der Waals surface area contributed by atoms with Crippen LogP contribution in [0.25, 0.3) is 0 Å². The molecule has 1 saturated carbocycles. The van der Waals surface area contributed by atoms with Gasteiger partial charge in [-0.15, -0.1) is 0 Å². The average Bonchev–Trinajstić information content (AvgIpc) is 2.98. The van der Waals surface area contributed by atoms with E-state index >= 15 is 0 Å². The van der Waals surface area contributed by atoms with Crippen LogP contribution in [0.3, 0.4) is 0 Å². The maximum Gasteiger partial charge on any atom is 0.332 e. The summed E-state index contributed by atoms with van der Waals surface area (Å²) in [7, 11) is -3.48. The normalized spacial score (nSPS) is 15.4. The summed E-state index contributed by atoms with van der Waals surface area (Å²) in [6.45, 7) is 1.89. The predicted molar refractivity (Wildman–Crippen MR) is 65.3 cm³/mol. The average molecular weight is 254 g/mol. The third-order valence-corrected chi connectivity index (χ3v) is 4.29. The van der Waals surface area contributed by atoms with Gasteiger partial charge in [-0.2, -0.15) is 0 Å². The molecule has 0 aliphatic heterocycles. The molecule has 2 amide bonds. The molecule has 92 valence electrons. The molecule has 0 aromatic heterocycles. The zero-order chi connectivity index (χ0) is 12.5. The van der Waals surface area contributed by atoms with Crippen molar-refractivity contribution < 1.29 is 13.2 Å². The van der Waals surface area contributed by atoms with Gasteiger partial charge in [-0.3, -0.25) is 0 Å². The van der Waals surface area contributed by atoms with Crippen molar-refractivity contribution in [1.29, 1.82) is 0 Å². The Balaban J connectivity index is 1.98. The Kier molecular flexibility index (Phi) is 3.06. The summed E-state index contributed by atoms with van der Waals surface area (Å²) in [6.07, 6.45) is 1.26. The highest BCUT2D eigenvalue weighted by Crippen LogP contribution is 2.27. The zero-order valence-corrected chi connectivity index (χ0v) is 10.3. The minimum absolute atomic E-state index is 0.397. The smallest absolute Gasteiger partial charge is 0.307 e. The number of sulfonamides is 1. The second kappa shape index (κ2) is 4.37. The number of nitrogens with one attached hydrogen (secondary N) is 2. The van der Waals surface area contributed by atoms with E-state index in [1.807, 2.05) is 17.7 Å². The van der Waals surface area contributed by atoms with Gasteiger partial charge < -0.3 is 5.32 Å². The van der Waals surface area contributed by atoms with Gasteiger partial charge in [0.2, 0.25) is 10.0 Å². The van der Waals surface area contributed by atoms with Crippen molar-refractivity contribution in [1.82, 2.24) is 4.72 Å². The number of amides is 2. The molecule has 1 aliphatic carbocycles. The highest BCUT2D eigenvalue weighted by atomic mass is 32.2. The fourth-order valence-electron chi connectivity index (χ4n) is 1.47. The van der Waals surface area contributed by atoms with E-state index < -0.39 is 21.3 Å². The van der Waals surface area contributed by atoms with Crippen LogP contribution < -0.4 is 10.0 Å². The minimum Gasteiger partial charge on any atom is -0.307 e. The second-order valence-electron chi connectivity index (χ2n) is 4.17. The fraction of sp³-hybridized carbons (Fsp3) is 0.364. The standard InChI is InChI=1S/C11H14N2O3S/c1-8-3-2-4-9(7-8)12-11(14)13-17(15,16)10-5-6-10/h2-4,7,10H,5-6H2,1H3,(H2,12,13,14). The lowest BCUT2D eigenvalue weighted by Gasteiger charge is -2.08. The van der Waals surface area contributed by atoms with E-state index in [-0.39, 0.29) is 0 Å². The summed E-state index contributed by atoms with van der Waals surface area (Å²) in [5.41, 5.74) is 1.57. The monoisotopic (exact) mass is 254 g/mol. The Morgan fingerprint density at radius 1 is 1.35 bits per heavy atom. The minimum atomic E-state index is -3.48. The molecule has 0 atom stereocenters. The fourth-order valence-corrected chi connectivity index (χ4v) is 2.70. The number of rotatable bonds is 3. The zero-order valence-electron chi connectivity index (χ0n) is 9.43. The van der Waals surface area contributed by atoms with Crippen molar-refractivity contribution in [3.05, 3.63) is 29.8 Å². The summed E-state index contributed by atoms with van der Waals surface area (Å²) < 4.78 is 25.0. The second-order valence-corrected chi connectivity index (χ2v) is 6.13. The molecule has 2 N–H and O–H groups in total. The first-order valence-electron chi connectivity index (χ1n) is 5.37. The van der Waals surface area contributed by atoms with Crippen LogP contribution in [0.5, 0.6) is 0 Å². The van der Waals surface area contributed by atoms with E-state index in [0.717, 1.165) is 5.56 Å². The van der Waals surface area contributed by atoms with Gasteiger partial charge in [-0.1, -0.05) is 12.1 Å². The number of urea groups is 1. The van der Waals surface area contributed by atoms with E-state index in [9.17, 15) is 13.2 Å². The van der Waals surface area contributed by atoms with Crippen molar-refractivity contribution in [2.24, 2.45) is 0 Å². The van der Waals surface area contributed by atoms with Crippen LogP contribution in [0.2, 0.25) is 0 Å². The van der Waals surface area contributed by atoms with Crippen LogP contribution >= 0.6 is 0 Å². The molecule has 6 heteroatoms. The molecule has 0 radical (unpaired) electrons. The SMILES string of the molecule is Cc1cccc(NC(=O)NS(=O)(=O)C2CC2)c1. The van der Waals surface area contributed by atoms with Crippen molar-refractivity contribution in [2.45, 2.75) is 25.0 Å². The van der Waals surface area contributed by atoms with Crippen molar-refractivity contribution in [2.75, 3.05) is 5.32 Å². The lowest BCUT2D eigenvalue weighted by atomic mass is 10.2. The number of aryl methyl sites for hydroxylation is 1. The Bertz CT molecular complexity index is 535. The Hall–Kier alpha value is -1.56. The van der Waals surface area contributed by atoms with Gasteiger partial charge >= 0.3 is 6.03 Å². The summed E-state index contributed by atoms with van der Waals surface area (Å²) >= 11 is 0. The lowest BCUT2D eigenvalue weighted by molar-refractivity contribution is 0.256. The van der Waals surface area contributed by atoms with Gasteiger partial charge in [0.25, 0.3) is 0 Å². The molecule has 1 fully saturated rings. The van der Waals surface area contributed by atoms with Crippen LogP contribution in [0, 0.1) is 6.92 Å². The Labute approximate surface area is 100 Å². The first kappa shape index (κ1) is 11.9. The van der Waals surface area contributed by atoms with Crippen molar-refractivity contribution in [3.63, 3.8) is 0 Å². The summed E-state index contributed by atoms with van der Waals surface area (Å²) in [4.78, 5) is 11.5. The van der Waals surface area contributed by atoms with Gasteiger partial charge in [0.1, 0.15) is 0 Å². The highest BCUT2D eigenvalue weighted by molar-refractivity contribution is 7.90. The van der Waals surface area contributed by atoms with Crippen molar-refractivity contribution >= 4 is 21.7 Å². The van der Waals surface area contributed by atoms with E-state index in [1.54, 1.807) is 18.2 Å². The van der Waals surface area contributed by atoms with E-state index in [4.69, 9.17) is 0 Å². The third kappa shape index (κ3) is 3.20. The van der Waals surface area contributed by atoms with E-state index in [1.165, 1.54) is 0 Å². The number of carbonyl (C=O) groups excluding carboxylic acids is 1. The number of anilines is 1. The molecule has 2 rings (SSSR count). The molecule has 0 heterocycles. The van der Waals surface area contributed by atoms with Gasteiger partial charge in [0.05, 0.1) is 5.25 Å². The molecule has 1 aromatic rings. The van der Waals surface area contributed by atoms with Crippen LogP contribution in [0.4, 0.5) is 10.5 Å². The number of hydrogen-bond acceptors (Lipinski definition) is 3. The molecule has 1 aromatic carbocycles. The molecule has 0 spiro atoms. The van der Waals surface area contributed by atoms with Gasteiger partial charge in [-0.25, -0.2) is 17.9 Å². The van der Waals surface area contributed by atoms with E-state index in [0.29, 0.717) is 18.5 Å². The van der Waals surface area contributed by atoms with Crippen LogP contribution in [0.15, 0.2) is 24.3 Å². The Morgan fingerprint density at radius 3 is 2.65 bits per heavy atom. The molecular weight excluding hydrogens is 240 g/mol. The summed E-state index contributed by atoms with van der Waals surface area (Å²) in [5.74, 6) is 0. The molecule has 0 saturated heterocycles. The van der Waals surface area contributed by atoms with Crippen LogP contribution in [0.1, 0.15) is 18.4 Å². The number of benzene rings is 1. The van der Waals surface area contributed by atoms with Gasteiger partial charge in [-0.05, 0) is 37.5 Å². The molecule has 1 aliphatic rings. The molecule has 0 unspecified atom stereocenters. The predicted octanol–water partition coefficient (Wildman–Crippen LogP) is 1.61. The molecule has 17 heavy (non-hydrogen) atoms.